The number of nitrogens with zero attached hydrogens (tertiary/aromatic N) is 5. The lowest BCUT2D eigenvalue weighted by Gasteiger charge is -2.39. The Kier molecular flexibility index (Phi) is 13.2. The van der Waals surface area contributed by atoms with E-state index in [0.29, 0.717) is 19.1 Å². The summed E-state index contributed by atoms with van der Waals surface area (Å²) in [4.78, 5) is 1.36. The number of halogens is 6. The van der Waals surface area contributed by atoms with Crippen molar-refractivity contribution >= 4 is 35.3 Å². The quantitative estimate of drug-likeness (QED) is 0.192. The molecule has 52 heavy (non-hydrogen) atoms. The average molecular weight is 774 g/mol. The minimum atomic E-state index is -5.35. The van der Waals surface area contributed by atoms with Crippen molar-refractivity contribution in [2.24, 2.45) is 0 Å². The van der Waals surface area contributed by atoms with Gasteiger partial charge in [-0.15, -0.1) is 0 Å². The van der Waals surface area contributed by atoms with E-state index in [0.717, 1.165) is 30.9 Å². The molecular formula is C30H50B2F6N6O7S. The minimum absolute atomic E-state index is 0. The second-order valence-electron chi connectivity index (χ2n) is 14.8. The number of hydrogen-bond donors (Lipinski definition) is 1. The summed E-state index contributed by atoms with van der Waals surface area (Å²) in [5.41, 5.74) is -4.96. The first-order chi connectivity index (χ1) is 23.2. The second kappa shape index (κ2) is 15.5. The molecule has 1 N–H and O–H groups in total. The lowest BCUT2D eigenvalue weighted by Crippen LogP contribution is -2.51. The molecule has 4 aliphatic heterocycles. The van der Waals surface area contributed by atoms with Crippen LogP contribution in [0.25, 0.3) is 0 Å². The monoisotopic (exact) mass is 774 g/mol. The summed E-state index contributed by atoms with van der Waals surface area (Å²) < 4.78 is 122. The third-order valence-corrected chi connectivity index (χ3v) is 10.8. The van der Waals surface area contributed by atoms with Gasteiger partial charge in [0.25, 0.3) is 0 Å². The zero-order chi connectivity index (χ0) is 38.4. The molecule has 0 radical (unpaired) electrons. The molecule has 0 unspecified atom stereocenters. The van der Waals surface area contributed by atoms with Gasteiger partial charge in [-0.25, -0.2) is 0 Å². The van der Waals surface area contributed by atoms with Crippen LogP contribution in [-0.2, 0) is 32.9 Å². The Labute approximate surface area is 302 Å². The lowest BCUT2D eigenvalue weighted by atomic mass is 9.82. The van der Waals surface area contributed by atoms with E-state index in [4.69, 9.17) is 18.6 Å². The highest BCUT2D eigenvalue weighted by molar-refractivity contribution is 7.87. The summed E-state index contributed by atoms with van der Waals surface area (Å²) in [7, 11) is -6.16. The summed E-state index contributed by atoms with van der Waals surface area (Å²) in [6, 6.07) is 0.440. The molecule has 0 spiro atoms. The number of likely N-dealkylation sites (tertiary alicyclic amines) is 1. The van der Waals surface area contributed by atoms with Gasteiger partial charge >= 0.3 is 36.0 Å². The molecule has 4 aliphatic rings. The molecule has 13 nitrogen and oxygen atoms in total. The normalized spacial score (nSPS) is 22.8. The number of alkyl halides is 6. The molecule has 0 aliphatic carbocycles. The van der Waals surface area contributed by atoms with Crippen LogP contribution in [0.4, 0.5) is 26.3 Å². The summed E-state index contributed by atoms with van der Waals surface area (Å²) in [6.07, 6.45) is 3.20. The first kappa shape index (κ1) is 44.2. The van der Waals surface area contributed by atoms with E-state index in [1.54, 1.807) is 17.1 Å². The summed E-state index contributed by atoms with van der Waals surface area (Å²) in [5.74, 6) is 0. The summed E-state index contributed by atoms with van der Waals surface area (Å²) >= 11 is 0. The molecule has 0 saturated carbocycles. The molecule has 0 aromatic carbocycles. The van der Waals surface area contributed by atoms with Crippen molar-refractivity contribution < 1.29 is 57.6 Å². The van der Waals surface area contributed by atoms with Gasteiger partial charge in [-0.1, -0.05) is 7.43 Å². The van der Waals surface area contributed by atoms with Crippen LogP contribution < -0.4 is 16.2 Å². The van der Waals surface area contributed by atoms with Crippen molar-refractivity contribution in [3.05, 3.63) is 24.8 Å². The van der Waals surface area contributed by atoms with Gasteiger partial charge in [0.15, 0.2) is 0 Å². The van der Waals surface area contributed by atoms with Crippen molar-refractivity contribution in [1.29, 1.82) is 0 Å². The topological polar surface area (TPSA) is 131 Å². The van der Waals surface area contributed by atoms with Crippen LogP contribution in [-0.4, -0.2) is 121 Å². The van der Waals surface area contributed by atoms with Gasteiger partial charge in [-0.05, 0) is 62.3 Å². The van der Waals surface area contributed by atoms with Crippen LogP contribution in [0.15, 0.2) is 24.8 Å². The molecule has 2 aromatic rings. The van der Waals surface area contributed by atoms with Crippen molar-refractivity contribution in [3.63, 3.8) is 0 Å². The van der Waals surface area contributed by atoms with Crippen molar-refractivity contribution in [3.8, 4) is 0 Å². The molecular weight excluding hydrogens is 724 g/mol. The molecule has 22 heteroatoms. The highest BCUT2D eigenvalue weighted by atomic mass is 32.2. The highest BCUT2D eigenvalue weighted by Crippen LogP contribution is 2.37. The van der Waals surface area contributed by atoms with E-state index >= 15 is 0 Å². The van der Waals surface area contributed by atoms with Gasteiger partial charge in [-0.3, -0.25) is 18.4 Å². The van der Waals surface area contributed by atoms with Crippen LogP contribution in [0.2, 0.25) is 0 Å². The van der Waals surface area contributed by atoms with E-state index in [1.807, 2.05) is 44.8 Å². The fourth-order valence-electron chi connectivity index (χ4n) is 5.08. The highest BCUT2D eigenvalue weighted by Gasteiger charge is 2.53. The number of nitrogens with one attached hydrogen (secondary N) is 1. The maximum atomic E-state index is 12.3. The molecule has 2 aromatic heterocycles. The molecule has 6 heterocycles. The Morgan fingerprint density at radius 2 is 1.17 bits per heavy atom. The Morgan fingerprint density at radius 1 is 0.788 bits per heavy atom. The first-order valence-electron chi connectivity index (χ1n) is 16.4. The van der Waals surface area contributed by atoms with Crippen molar-refractivity contribution in [2.45, 2.75) is 116 Å². The molecule has 4 fully saturated rings. The van der Waals surface area contributed by atoms with Crippen molar-refractivity contribution in [2.75, 3.05) is 39.3 Å². The smallest absolute Gasteiger partial charge is 0.399 e. The fraction of sp³-hybridized carbons (Fsp3) is 0.800. The Morgan fingerprint density at radius 3 is 1.46 bits per heavy atom. The molecule has 4 saturated heterocycles. The maximum Gasteiger partial charge on any atom is 0.523 e. The summed E-state index contributed by atoms with van der Waals surface area (Å²) in [5, 5.41) is 11.9. The number of hydrogen-bond acceptors (Lipinski definition) is 11. The van der Waals surface area contributed by atoms with Gasteiger partial charge in [0.05, 0.1) is 47.6 Å². The van der Waals surface area contributed by atoms with E-state index in [-0.39, 0.29) is 31.8 Å². The molecule has 0 amide bonds. The van der Waals surface area contributed by atoms with Crippen LogP contribution >= 0.6 is 0 Å². The van der Waals surface area contributed by atoms with Crippen molar-refractivity contribution in [1.82, 2.24) is 29.8 Å². The van der Waals surface area contributed by atoms with E-state index in [1.165, 1.54) is 4.90 Å². The van der Waals surface area contributed by atoms with Gasteiger partial charge in [-0.2, -0.15) is 45.0 Å². The summed E-state index contributed by atoms with van der Waals surface area (Å²) in [6.45, 7) is 18.6. The number of aromatic nitrogens is 4. The van der Waals surface area contributed by atoms with E-state index < -0.39 is 53.3 Å². The standard InChI is InChI=1S/C14H21BF3N3O2.C12H20BN3O2.C3H5F3O3S.CH4/c1-12(2)13(3,4)23-15(22-12)10-5-19-21(6-10)11-7-20(8-11)9-14(16,17)18;1-11(2)12(3,4)18-13(17-11)9-5-15-16(8-9)10-6-14-7-10;1-2-9-10(7,8)3(4,5)6;/h5-6,11H,7-9H2,1-4H3;5,8,10,14H,6-7H2,1-4H3;2H2,1H3;1H4. The Balaban J connectivity index is 0.000000225. The second-order valence-corrected chi connectivity index (χ2v) is 16.4. The van der Waals surface area contributed by atoms with E-state index in [2.05, 4.69) is 47.4 Å². The zero-order valence-corrected chi connectivity index (χ0v) is 30.9. The van der Waals surface area contributed by atoms with Crippen LogP contribution in [0.1, 0.15) is 81.8 Å². The molecule has 0 atom stereocenters. The van der Waals surface area contributed by atoms with Gasteiger partial charge < -0.3 is 23.9 Å². The zero-order valence-electron chi connectivity index (χ0n) is 30.1. The Hall–Kier alpha value is -2.20. The largest absolute Gasteiger partial charge is 0.523 e. The molecule has 6 rings (SSSR count). The van der Waals surface area contributed by atoms with Crippen LogP contribution in [0.5, 0.6) is 0 Å². The maximum absolute atomic E-state index is 12.3. The van der Waals surface area contributed by atoms with E-state index in [9.17, 15) is 34.8 Å². The minimum Gasteiger partial charge on any atom is -0.399 e. The van der Waals surface area contributed by atoms with Crippen LogP contribution in [0.3, 0.4) is 0 Å². The first-order valence-corrected chi connectivity index (χ1v) is 17.8. The predicted octanol–water partition coefficient (Wildman–Crippen LogP) is 3.44. The third-order valence-electron chi connectivity index (χ3n) is 9.70. The van der Waals surface area contributed by atoms with Gasteiger partial charge in [0, 0.05) is 61.9 Å². The Bertz CT molecular complexity index is 1560. The van der Waals surface area contributed by atoms with Crippen LogP contribution in [0, 0.1) is 0 Å². The number of rotatable bonds is 7. The SMILES string of the molecule is C.CC1(C)OB(c2cnn(C3CN(CC(F)(F)F)C3)c2)OC1(C)C.CC1(C)OB(c2cnn(C3CNC3)c2)OC1(C)C.CCOS(=O)(=O)C(F)(F)F. The third kappa shape index (κ3) is 10.1. The molecule has 296 valence electrons. The van der Waals surface area contributed by atoms with Gasteiger partial charge in [0.1, 0.15) is 0 Å². The lowest BCUT2D eigenvalue weighted by molar-refractivity contribution is -0.157. The average Bonchev–Trinajstić information content (AvgIpc) is 3.66. The molecule has 0 bridgehead atoms. The fourth-order valence-corrected chi connectivity index (χ4v) is 5.53. The van der Waals surface area contributed by atoms with Gasteiger partial charge in [0.2, 0.25) is 0 Å². The predicted molar refractivity (Wildman–Crippen MR) is 183 cm³/mol.